The van der Waals surface area contributed by atoms with Gasteiger partial charge < -0.3 is 0 Å². The molecule has 0 N–H and O–H groups in total. The van der Waals surface area contributed by atoms with Gasteiger partial charge in [-0.1, -0.05) is 17.7 Å². The summed E-state index contributed by atoms with van der Waals surface area (Å²) in [6, 6.07) is 6.43. The SMILES string of the molecule is Cc1cc(C)c(-c2c(C)nn3ccc(C)nc23)c(C)c1. The number of aryl methyl sites for hydroxylation is 5. The van der Waals surface area contributed by atoms with E-state index >= 15 is 0 Å². The molecule has 0 aliphatic rings. The molecule has 3 nitrogen and oxygen atoms in total. The molecule has 0 unspecified atom stereocenters. The molecule has 0 bridgehead atoms. The average molecular weight is 265 g/mol. The zero-order valence-corrected chi connectivity index (χ0v) is 12.7. The molecule has 2 aromatic heterocycles. The summed E-state index contributed by atoms with van der Waals surface area (Å²) in [6.07, 6.45) is 1.98. The molecule has 1 aromatic carbocycles. The molecule has 0 saturated carbocycles. The number of hydrogen-bond donors (Lipinski definition) is 0. The topological polar surface area (TPSA) is 30.2 Å². The zero-order valence-electron chi connectivity index (χ0n) is 12.7. The fourth-order valence-electron chi connectivity index (χ4n) is 3.00. The molecule has 0 atom stereocenters. The smallest absolute Gasteiger partial charge is 0.163 e. The van der Waals surface area contributed by atoms with E-state index in [-0.39, 0.29) is 0 Å². The Morgan fingerprint density at radius 2 is 1.55 bits per heavy atom. The Hall–Kier alpha value is -2.16. The molecule has 0 aliphatic heterocycles. The van der Waals surface area contributed by atoms with Gasteiger partial charge in [-0.3, -0.25) is 0 Å². The second-order valence-corrected chi connectivity index (χ2v) is 5.57. The summed E-state index contributed by atoms with van der Waals surface area (Å²) in [4.78, 5) is 4.68. The van der Waals surface area contributed by atoms with Crippen LogP contribution in [-0.4, -0.2) is 14.6 Å². The Bertz CT molecular complexity index is 789. The Morgan fingerprint density at radius 3 is 2.20 bits per heavy atom. The number of rotatable bonds is 1. The Labute approximate surface area is 119 Å². The third-order valence-electron chi connectivity index (χ3n) is 3.73. The van der Waals surface area contributed by atoms with E-state index in [1.807, 2.05) is 23.7 Å². The van der Waals surface area contributed by atoms with Crippen LogP contribution in [0.5, 0.6) is 0 Å². The first kappa shape index (κ1) is 12.9. The molecule has 0 radical (unpaired) electrons. The summed E-state index contributed by atoms with van der Waals surface area (Å²) in [7, 11) is 0. The summed E-state index contributed by atoms with van der Waals surface area (Å²) in [6.45, 7) is 10.5. The summed E-state index contributed by atoms with van der Waals surface area (Å²) in [5.41, 5.74) is 9.26. The minimum Gasteiger partial charge on any atom is -0.233 e. The predicted molar refractivity (Wildman–Crippen MR) is 82.1 cm³/mol. The van der Waals surface area contributed by atoms with Gasteiger partial charge in [-0.15, -0.1) is 0 Å². The first-order valence-electron chi connectivity index (χ1n) is 6.88. The fraction of sp³-hybridized carbons (Fsp3) is 0.294. The highest BCUT2D eigenvalue weighted by molar-refractivity contribution is 5.84. The summed E-state index contributed by atoms with van der Waals surface area (Å²) >= 11 is 0. The van der Waals surface area contributed by atoms with Crippen LogP contribution in [0.1, 0.15) is 28.1 Å². The third-order valence-corrected chi connectivity index (χ3v) is 3.73. The standard InChI is InChI=1S/C17H19N3/c1-10-8-11(2)15(12(3)9-10)16-14(5)19-20-7-6-13(4)18-17(16)20/h6-9H,1-5H3. The summed E-state index contributed by atoms with van der Waals surface area (Å²) in [5.74, 6) is 0. The number of nitrogens with zero attached hydrogens (tertiary/aromatic N) is 3. The van der Waals surface area contributed by atoms with E-state index in [1.165, 1.54) is 22.3 Å². The Balaban J connectivity index is 2.40. The lowest BCUT2D eigenvalue weighted by molar-refractivity contribution is 0.909. The van der Waals surface area contributed by atoms with Crippen molar-refractivity contribution in [1.29, 1.82) is 0 Å². The van der Waals surface area contributed by atoms with E-state index in [2.05, 4.69) is 49.9 Å². The van der Waals surface area contributed by atoms with Gasteiger partial charge in [0.2, 0.25) is 0 Å². The van der Waals surface area contributed by atoms with Gasteiger partial charge in [0.15, 0.2) is 5.65 Å². The molecule has 0 spiro atoms. The average Bonchev–Trinajstić information content (AvgIpc) is 2.65. The molecular formula is C17H19N3. The van der Waals surface area contributed by atoms with Crippen LogP contribution in [0, 0.1) is 34.6 Å². The fourth-order valence-corrected chi connectivity index (χ4v) is 3.00. The van der Waals surface area contributed by atoms with Crippen LogP contribution in [0.2, 0.25) is 0 Å². The molecule has 0 amide bonds. The van der Waals surface area contributed by atoms with Crippen molar-refractivity contribution < 1.29 is 0 Å². The predicted octanol–water partition coefficient (Wildman–Crippen LogP) is 3.94. The quantitative estimate of drug-likeness (QED) is 0.667. The van der Waals surface area contributed by atoms with Crippen molar-refractivity contribution in [3.63, 3.8) is 0 Å². The van der Waals surface area contributed by atoms with Crippen molar-refractivity contribution in [2.45, 2.75) is 34.6 Å². The van der Waals surface area contributed by atoms with Crippen molar-refractivity contribution in [1.82, 2.24) is 14.6 Å². The van der Waals surface area contributed by atoms with Gasteiger partial charge in [-0.25, -0.2) is 9.50 Å². The molecule has 0 saturated heterocycles. The van der Waals surface area contributed by atoms with Gasteiger partial charge >= 0.3 is 0 Å². The zero-order chi connectivity index (χ0) is 14.4. The molecule has 0 aliphatic carbocycles. The molecular weight excluding hydrogens is 246 g/mol. The number of hydrogen-bond acceptors (Lipinski definition) is 2. The van der Waals surface area contributed by atoms with Crippen molar-refractivity contribution in [2.75, 3.05) is 0 Å². The van der Waals surface area contributed by atoms with Crippen molar-refractivity contribution in [2.24, 2.45) is 0 Å². The highest BCUT2D eigenvalue weighted by Gasteiger charge is 2.17. The molecule has 0 fully saturated rings. The van der Waals surface area contributed by atoms with Crippen LogP contribution in [-0.2, 0) is 0 Å². The summed E-state index contributed by atoms with van der Waals surface area (Å²) < 4.78 is 1.87. The van der Waals surface area contributed by atoms with Gasteiger partial charge in [0, 0.05) is 11.9 Å². The highest BCUT2D eigenvalue weighted by atomic mass is 15.2. The maximum Gasteiger partial charge on any atom is 0.163 e. The molecule has 3 rings (SSSR count). The largest absolute Gasteiger partial charge is 0.233 e. The van der Waals surface area contributed by atoms with Gasteiger partial charge in [0.1, 0.15) is 0 Å². The van der Waals surface area contributed by atoms with Crippen LogP contribution >= 0.6 is 0 Å². The number of fused-ring (bicyclic) bond motifs is 1. The Kier molecular flexibility index (Phi) is 2.85. The van der Waals surface area contributed by atoms with E-state index in [4.69, 9.17) is 0 Å². The van der Waals surface area contributed by atoms with Crippen LogP contribution in [0.15, 0.2) is 24.4 Å². The highest BCUT2D eigenvalue weighted by Crippen LogP contribution is 2.33. The minimum atomic E-state index is 0.942. The lowest BCUT2D eigenvalue weighted by Gasteiger charge is -2.11. The van der Waals surface area contributed by atoms with E-state index in [0.29, 0.717) is 0 Å². The van der Waals surface area contributed by atoms with Crippen LogP contribution < -0.4 is 0 Å². The van der Waals surface area contributed by atoms with Crippen LogP contribution in [0.3, 0.4) is 0 Å². The number of benzene rings is 1. The van der Waals surface area contributed by atoms with Gasteiger partial charge in [-0.05, 0) is 57.4 Å². The van der Waals surface area contributed by atoms with E-state index in [1.54, 1.807) is 0 Å². The van der Waals surface area contributed by atoms with Crippen molar-refractivity contribution in [3.8, 4) is 11.1 Å². The maximum absolute atomic E-state index is 4.68. The molecule has 3 heteroatoms. The minimum absolute atomic E-state index is 0.942. The van der Waals surface area contributed by atoms with Gasteiger partial charge in [0.25, 0.3) is 0 Å². The first-order chi connectivity index (χ1) is 9.47. The molecule has 102 valence electrons. The van der Waals surface area contributed by atoms with Gasteiger partial charge in [-0.2, -0.15) is 5.10 Å². The monoisotopic (exact) mass is 265 g/mol. The molecule has 3 aromatic rings. The first-order valence-corrected chi connectivity index (χ1v) is 6.88. The summed E-state index contributed by atoms with van der Waals surface area (Å²) in [5, 5.41) is 4.59. The van der Waals surface area contributed by atoms with E-state index in [9.17, 15) is 0 Å². The maximum atomic E-state index is 4.68. The molecule has 2 heterocycles. The van der Waals surface area contributed by atoms with Crippen molar-refractivity contribution in [3.05, 3.63) is 52.5 Å². The lowest BCUT2D eigenvalue weighted by Crippen LogP contribution is -1.94. The number of aromatic nitrogens is 3. The van der Waals surface area contributed by atoms with Crippen LogP contribution in [0.25, 0.3) is 16.8 Å². The third kappa shape index (κ3) is 1.90. The second kappa shape index (κ2) is 4.44. The second-order valence-electron chi connectivity index (χ2n) is 5.57. The van der Waals surface area contributed by atoms with Crippen molar-refractivity contribution >= 4 is 5.65 Å². The molecule has 20 heavy (non-hydrogen) atoms. The Morgan fingerprint density at radius 1 is 0.900 bits per heavy atom. The van der Waals surface area contributed by atoms with Gasteiger partial charge in [0.05, 0.1) is 11.3 Å². The van der Waals surface area contributed by atoms with E-state index < -0.39 is 0 Å². The van der Waals surface area contributed by atoms with Crippen LogP contribution in [0.4, 0.5) is 0 Å². The normalized spacial score (nSPS) is 11.2. The lowest BCUT2D eigenvalue weighted by atomic mass is 9.94. The van der Waals surface area contributed by atoms with E-state index in [0.717, 1.165) is 22.6 Å².